The van der Waals surface area contributed by atoms with Gasteiger partial charge in [-0.15, -0.1) is 0 Å². The van der Waals surface area contributed by atoms with E-state index in [9.17, 15) is 4.79 Å². The Morgan fingerprint density at radius 3 is 2.53 bits per heavy atom. The molecule has 2 aromatic rings. The summed E-state index contributed by atoms with van der Waals surface area (Å²) in [5.41, 5.74) is 12.8. The minimum Gasteiger partial charge on any atom is -0.378 e. The Kier molecular flexibility index (Phi) is 6.21. The van der Waals surface area contributed by atoms with E-state index in [4.69, 9.17) is 5.73 Å². The third-order valence-corrected chi connectivity index (χ3v) is 6.31. The molecular formula is C25H32N4O. The molecule has 2 aromatic carbocycles. The van der Waals surface area contributed by atoms with Gasteiger partial charge in [-0.1, -0.05) is 24.3 Å². The summed E-state index contributed by atoms with van der Waals surface area (Å²) < 4.78 is 0. The summed E-state index contributed by atoms with van der Waals surface area (Å²) in [5, 5.41) is 3.10. The Bertz CT molecular complexity index is 925. The highest BCUT2D eigenvalue weighted by molar-refractivity contribution is 5.94. The molecule has 1 heterocycles. The summed E-state index contributed by atoms with van der Waals surface area (Å²) in [6.45, 7) is 3.11. The van der Waals surface area contributed by atoms with Crippen LogP contribution >= 0.6 is 0 Å². The van der Waals surface area contributed by atoms with Crippen LogP contribution in [0.25, 0.3) is 5.57 Å². The summed E-state index contributed by atoms with van der Waals surface area (Å²) >= 11 is 0. The number of carbonyl (C=O) groups excluding carboxylic acids is 1. The second kappa shape index (κ2) is 9.02. The normalized spacial score (nSPS) is 16.8. The van der Waals surface area contributed by atoms with Gasteiger partial charge in [-0.05, 0) is 91.3 Å². The van der Waals surface area contributed by atoms with E-state index in [1.807, 2.05) is 6.07 Å². The molecule has 2 aliphatic rings. The number of piperidine rings is 1. The van der Waals surface area contributed by atoms with E-state index in [2.05, 4.69) is 71.7 Å². The molecule has 158 valence electrons. The summed E-state index contributed by atoms with van der Waals surface area (Å²) in [6.07, 6.45) is 5.39. The molecule has 0 spiro atoms. The van der Waals surface area contributed by atoms with Gasteiger partial charge in [0.15, 0.2) is 0 Å². The first kappa shape index (κ1) is 20.6. The van der Waals surface area contributed by atoms with Crippen LogP contribution < -0.4 is 16.0 Å². The number of amides is 1. The van der Waals surface area contributed by atoms with E-state index < -0.39 is 0 Å². The van der Waals surface area contributed by atoms with Crippen molar-refractivity contribution in [3.8, 4) is 0 Å². The first-order chi connectivity index (χ1) is 14.5. The van der Waals surface area contributed by atoms with Crippen LogP contribution in [0.3, 0.4) is 0 Å². The van der Waals surface area contributed by atoms with Crippen molar-refractivity contribution >= 4 is 22.9 Å². The van der Waals surface area contributed by atoms with Gasteiger partial charge in [0.05, 0.1) is 6.54 Å². The van der Waals surface area contributed by atoms with Crippen molar-refractivity contribution in [3.05, 3.63) is 65.2 Å². The third-order valence-electron chi connectivity index (χ3n) is 6.31. The Morgan fingerprint density at radius 2 is 1.87 bits per heavy atom. The lowest BCUT2D eigenvalue weighted by Gasteiger charge is -2.30. The molecular weight excluding hydrogens is 372 g/mol. The Morgan fingerprint density at radius 1 is 1.13 bits per heavy atom. The number of hydrogen-bond acceptors (Lipinski definition) is 4. The molecule has 1 aliphatic heterocycles. The molecule has 0 saturated carbocycles. The highest BCUT2D eigenvalue weighted by Gasteiger charge is 2.21. The van der Waals surface area contributed by atoms with Crippen molar-refractivity contribution in [2.75, 3.05) is 50.5 Å². The Labute approximate surface area is 179 Å². The zero-order valence-electron chi connectivity index (χ0n) is 18.0. The van der Waals surface area contributed by atoms with Gasteiger partial charge in [-0.2, -0.15) is 0 Å². The SMILES string of the molecule is CN(C)c1ccc(C2=CCc3ccc(NC(=O)CN4CCC(CN)CC4)cc32)cc1. The number of nitrogens with two attached hydrogens (primary N) is 1. The number of rotatable bonds is 6. The molecule has 1 amide bonds. The van der Waals surface area contributed by atoms with Gasteiger partial charge >= 0.3 is 0 Å². The number of nitrogens with one attached hydrogen (secondary N) is 1. The number of allylic oxidation sites excluding steroid dienone is 1. The highest BCUT2D eigenvalue weighted by Crippen LogP contribution is 2.35. The molecule has 0 radical (unpaired) electrons. The van der Waals surface area contributed by atoms with Gasteiger partial charge in [0.1, 0.15) is 0 Å². The number of anilines is 2. The van der Waals surface area contributed by atoms with E-state index in [0.717, 1.165) is 44.6 Å². The maximum absolute atomic E-state index is 12.6. The number of carbonyl (C=O) groups is 1. The average molecular weight is 405 g/mol. The summed E-state index contributed by atoms with van der Waals surface area (Å²) in [7, 11) is 4.10. The number of likely N-dealkylation sites (tertiary alicyclic amines) is 1. The van der Waals surface area contributed by atoms with Crippen molar-refractivity contribution in [2.24, 2.45) is 11.7 Å². The molecule has 1 saturated heterocycles. The van der Waals surface area contributed by atoms with Crippen molar-refractivity contribution in [1.82, 2.24) is 4.90 Å². The lowest BCUT2D eigenvalue weighted by atomic mass is 9.97. The van der Waals surface area contributed by atoms with Crippen molar-refractivity contribution in [1.29, 1.82) is 0 Å². The van der Waals surface area contributed by atoms with Crippen molar-refractivity contribution < 1.29 is 4.79 Å². The first-order valence-electron chi connectivity index (χ1n) is 10.9. The van der Waals surface area contributed by atoms with Gasteiger partial charge in [0, 0.05) is 25.5 Å². The lowest BCUT2D eigenvalue weighted by molar-refractivity contribution is -0.117. The molecule has 5 nitrogen and oxygen atoms in total. The first-order valence-corrected chi connectivity index (χ1v) is 10.9. The molecule has 30 heavy (non-hydrogen) atoms. The highest BCUT2D eigenvalue weighted by atomic mass is 16.2. The minimum absolute atomic E-state index is 0.0556. The van der Waals surface area contributed by atoms with Crippen LogP contribution in [0.4, 0.5) is 11.4 Å². The molecule has 1 fully saturated rings. The van der Waals surface area contributed by atoms with E-state index in [0.29, 0.717) is 12.5 Å². The molecule has 0 bridgehead atoms. The standard InChI is InChI=1S/C25H32N4O/c1-28(2)22-8-4-19(5-9-22)23-10-6-20-3-7-21(15-24(20)23)27-25(30)17-29-13-11-18(16-26)12-14-29/h3-5,7-10,15,18H,6,11-14,16-17,26H2,1-2H3,(H,27,30). The molecule has 4 rings (SSSR count). The zero-order chi connectivity index (χ0) is 21.1. The Balaban J connectivity index is 1.42. The van der Waals surface area contributed by atoms with Crippen LogP contribution in [0.1, 0.15) is 29.5 Å². The average Bonchev–Trinajstić information content (AvgIpc) is 3.17. The number of benzene rings is 2. The summed E-state index contributed by atoms with van der Waals surface area (Å²) in [6, 6.07) is 14.9. The second-order valence-corrected chi connectivity index (χ2v) is 8.64. The molecule has 0 atom stereocenters. The fourth-order valence-electron chi connectivity index (χ4n) is 4.40. The minimum atomic E-state index is 0.0556. The molecule has 5 heteroatoms. The fraction of sp³-hybridized carbons (Fsp3) is 0.400. The topological polar surface area (TPSA) is 61.6 Å². The Hall–Kier alpha value is -2.63. The van der Waals surface area contributed by atoms with E-state index in [1.165, 1.54) is 28.0 Å². The van der Waals surface area contributed by atoms with E-state index in [1.54, 1.807) is 0 Å². The summed E-state index contributed by atoms with van der Waals surface area (Å²) in [4.78, 5) is 16.9. The van der Waals surface area contributed by atoms with Crippen LogP contribution in [0.5, 0.6) is 0 Å². The largest absolute Gasteiger partial charge is 0.378 e. The predicted molar refractivity (Wildman–Crippen MR) is 125 cm³/mol. The lowest BCUT2D eigenvalue weighted by Crippen LogP contribution is -2.40. The quantitative estimate of drug-likeness (QED) is 0.775. The van der Waals surface area contributed by atoms with Gasteiger partial charge in [-0.25, -0.2) is 0 Å². The zero-order valence-corrected chi connectivity index (χ0v) is 18.0. The van der Waals surface area contributed by atoms with Gasteiger partial charge in [0.25, 0.3) is 0 Å². The van der Waals surface area contributed by atoms with E-state index >= 15 is 0 Å². The van der Waals surface area contributed by atoms with Crippen LogP contribution in [-0.4, -0.2) is 51.1 Å². The van der Waals surface area contributed by atoms with Gasteiger partial charge < -0.3 is 16.0 Å². The smallest absolute Gasteiger partial charge is 0.238 e. The van der Waals surface area contributed by atoms with Crippen LogP contribution in [0.15, 0.2) is 48.5 Å². The van der Waals surface area contributed by atoms with Crippen molar-refractivity contribution in [3.63, 3.8) is 0 Å². The van der Waals surface area contributed by atoms with Gasteiger partial charge in [0.2, 0.25) is 5.91 Å². The van der Waals surface area contributed by atoms with Gasteiger partial charge in [-0.3, -0.25) is 9.69 Å². The number of hydrogen-bond donors (Lipinski definition) is 2. The van der Waals surface area contributed by atoms with Crippen LogP contribution in [0.2, 0.25) is 0 Å². The molecule has 3 N–H and O–H groups in total. The maximum Gasteiger partial charge on any atom is 0.238 e. The monoisotopic (exact) mass is 404 g/mol. The molecule has 0 unspecified atom stereocenters. The van der Waals surface area contributed by atoms with Crippen LogP contribution in [-0.2, 0) is 11.2 Å². The van der Waals surface area contributed by atoms with Crippen molar-refractivity contribution in [2.45, 2.75) is 19.3 Å². The van der Waals surface area contributed by atoms with Crippen LogP contribution in [0, 0.1) is 5.92 Å². The van der Waals surface area contributed by atoms with E-state index in [-0.39, 0.29) is 5.91 Å². The fourth-order valence-corrected chi connectivity index (χ4v) is 4.40. The third kappa shape index (κ3) is 4.58. The predicted octanol–water partition coefficient (Wildman–Crippen LogP) is 3.35. The number of nitrogens with zero attached hydrogens (tertiary/aromatic N) is 2. The number of fused-ring (bicyclic) bond motifs is 1. The molecule has 1 aliphatic carbocycles. The maximum atomic E-state index is 12.6. The molecule has 0 aromatic heterocycles. The second-order valence-electron chi connectivity index (χ2n) is 8.64. The summed E-state index contributed by atoms with van der Waals surface area (Å²) in [5.74, 6) is 0.665.